The number of amides is 1. The van der Waals surface area contributed by atoms with E-state index in [4.69, 9.17) is 4.42 Å². The molecule has 92 valence electrons. The number of Topliss-reactive ketones (excluding diaryl/α,β-unsaturated/α-hetero) is 1. The zero-order chi connectivity index (χ0) is 12.6. The van der Waals surface area contributed by atoms with Crippen molar-refractivity contribution < 1.29 is 14.0 Å². The topological polar surface area (TPSA) is 50.5 Å². The van der Waals surface area contributed by atoms with E-state index in [2.05, 4.69) is 0 Å². The molecule has 0 radical (unpaired) electrons. The fraction of sp³-hybridized carbons (Fsp3) is 0.538. The molecule has 0 atom stereocenters. The highest BCUT2D eigenvalue weighted by atomic mass is 16.3. The summed E-state index contributed by atoms with van der Waals surface area (Å²) in [6.45, 7) is 6.62. The van der Waals surface area contributed by atoms with Gasteiger partial charge in [0, 0.05) is 31.5 Å². The highest BCUT2D eigenvalue weighted by Crippen LogP contribution is 2.23. The highest BCUT2D eigenvalue weighted by Gasteiger charge is 2.26. The molecule has 1 aromatic rings. The van der Waals surface area contributed by atoms with Gasteiger partial charge in [-0.05, 0) is 20.8 Å². The van der Waals surface area contributed by atoms with Crippen molar-refractivity contribution in [1.82, 2.24) is 4.90 Å². The van der Waals surface area contributed by atoms with Crippen LogP contribution in [0.15, 0.2) is 4.42 Å². The average Bonchev–Trinajstić information content (AvgIpc) is 2.53. The Morgan fingerprint density at radius 1 is 1.12 bits per heavy atom. The van der Waals surface area contributed by atoms with Crippen LogP contribution in [0.25, 0.3) is 0 Å². The average molecular weight is 235 g/mol. The number of carbonyl (C=O) groups excluding carboxylic acids is 2. The lowest BCUT2D eigenvalue weighted by Gasteiger charge is -2.26. The Labute approximate surface area is 101 Å². The number of hydrogen-bond donors (Lipinski definition) is 0. The zero-order valence-corrected chi connectivity index (χ0v) is 10.5. The van der Waals surface area contributed by atoms with Gasteiger partial charge in [-0.15, -0.1) is 0 Å². The Morgan fingerprint density at radius 2 is 1.71 bits per heavy atom. The summed E-state index contributed by atoms with van der Waals surface area (Å²) in [7, 11) is 0. The van der Waals surface area contributed by atoms with Gasteiger partial charge in [0.05, 0.1) is 5.56 Å². The third kappa shape index (κ3) is 2.12. The van der Waals surface area contributed by atoms with Gasteiger partial charge in [0.2, 0.25) is 0 Å². The number of rotatable bonds is 1. The summed E-state index contributed by atoms with van der Waals surface area (Å²) in [5.74, 6) is 1.69. The van der Waals surface area contributed by atoms with Crippen molar-refractivity contribution in [2.45, 2.75) is 33.6 Å². The van der Waals surface area contributed by atoms with Crippen molar-refractivity contribution in [3.63, 3.8) is 0 Å². The van der Waals surface area contributed by atoms with Gasteiger partial charge in [0.1, 0.15) is 17.3 Å². The summed E-state index contributed by atoms with van der Waals surface area (Å²) < 4.78 is 5.46. The fourth-order valence-electron chi connectivity index (χ4n) is 2.23. The molecule has 2 heterocycles. The van der Waals surface area contributed by atoms with Crippen molar-refractivity contribution in [2.24, 2.45) is 0 Å². The highest BCUT2D eigenvalue weighted by molar-refractivity contribution is 5.97. The molecule has 4 heteroatoms. The molecule has 1 aromatic heterocycles. The van der Waals surface area contributed by atoms with Gasteiger partial charge in [-0.2, -0.15) is 0 Å². The van der Waals surface area contributed by atoms with Gasteiger partial charge in [-0.1, -0.05) is 0 Å². The van der Waals surface area contributed by atoms with Crippen molar-refractivity contribution in [2.75, 3.05) is 13.1 Å². The lowest BCUT2D eigenvalue weighted by molar-refractivity contribution is -0.120. The van der Waals surface area contributed by atoms with Crippen LogP contribution >= 0.6 is 0 Å². The van der Waals surface area contributed by atoms with Gasteiger partial charge in [-0.3, -0.25) is 9.59 Å². The van der Waals surface area contributed by atoms with Crippen molar-refractivity contribution in [3.05, 3.63) is 22.6 Å². The number of aryl methyl sites for hydroxylation is 2. The molecule has 17 heavy (non-hydrogen) atoms. The van der Waals surface area contributed by atoms with Crippen LogP contribution in [0.2, 0.25) is 0 Å². The predicted molar refractivity (Wildman–Crippen MR) is 63.1 cm³/mol. The molecule has 1 saturated heterocycles. The Kier molecular flexibility index (Phi) is 3.05. The summed E-state index contributed by atoms with van der Waals surface area (Å²) in [6, 6.07) is 0. The second kappa shape index (κ2) is 4.35. The van der Waals surface area contributed by atoms with Crippen LogP contribution in [0.1, 0.15) is 40.3 Å². The van der Waals surface area contributed by atoms with Crippen LogP contribution in [-0.4, -0.2) is 29.7 Å². The molecule has 1 fully saturated rings. The minimum absolute atomic E-state index is 0.00986. The normalized spacial score (nSPS) is 16.4. The molecule has 0 aromatic carbocycles. The molecule has 1 amide bonds. The number of nitrogens with zero attached hydrogens (tertiary/aromatic N) is 1. The molecule has 4 nitrogen and oxygen atoms in total. The summed E-state index contributed by atoms with van der Waals surface area (Å²) in [4.78, 5) is 25.2. The van der Waals surface area contributed by atoms with E-state index in [9.17, 15) is 9.59 Å². The van der Waals surface area contributed by atoms with E-state index >= 15 is 0 Å². The summed E-state index contributed by atoms with van der Waals surface area (Å²) >= 11 is 0. The van der Waals surface area contributed by atoms with Gasteiger partial charge < -0.3 is 9.32 Å². The molecule has 2 rings (SSSR count). The third-order valence-electron chi connectivity index (χ3n) is 3.38. The first kappa shape index (κ1) is 11.9. The maximum absolute atomic E-state index is 12.3. The minimum Gasteiger partial charge on any atom is -0.466 e. The van der Waals surface area contributed by atoms with Gasteiger partial charge in [0.15, 0.2) is 0 Å². The van der Waals surface area contributed by atoms with E-state index < -0.39 is 0 Å². The second-order valence-electron chi connectivity index (χ2n) is 4.55. The smallest absolute Gasteiger partial charge is 0.257 e. The standard InChI is InChI=1S/C13H17NO3/c1-8-9(2)17-10(3)12(8)13(16)14-6-4-11(15)5-7-14/h4-7H2,1-3H3. The van der Waals surface area contributed by atoms with Crippen LogP contribution in [-0.2, 0) is 4.79 Å². The van der Waals surface area contributed by atoms with Crippen LogP contribution < -0.4 is 0 Å². The van der Waals surface area contributed by atoms with Gasteiger partial charge in [0.25, 0.3) is 5.91 Å². The summed E-state index contributed by atoms with van der Waals surface area (Å²) in [6.07, 6.45) is 0.946. The second-order valence-corrected chi connectivity index (χ2v) is 4.55. The first-order valence-corrected chi connectivity index (χ1v) is 5.88. The van der Waals surface area contributed by atoms with E-state index in [0.29, 0.717) is 37.3 Å². The quantitative estimate of drug-likeness (QED) is 0.748. The van der Waals surface area contributed by atoms with Gasteiger partial charge in [-0.25, -0.2) is 0 Å². The van der Waals surface area contributed by atoms with Crippen molar-refractivity contribution in [1.29, 1.82) is 0 Å². The molecule has 0 aliphatic carbocycles. The Balaban J connectivity index is 2.22. The Bertz CT molecular complexity index is 463. The fourth-order valence-corrected chi connectivity index (χ4v) is 2.23. The lowest BCUT2D eigenvalue weighted by atomic mass is 10.1. The molecule has 0 saturated carbocycles. The maximum atomic E-state index is 12.3. The number of likely N-dealkylation sites (tertiary alicyclic amines) is 1. The maximum Gasteiger partial charge on any atom is 0.257 e. The third-order valence-corrected chi connectivity index (χ3v) is 3.38. The summed E-state index contributed by atoms with van der Waals surface area (Å²) in [5, 5.41) is 0. The molecule has 0 bridgehead atoms. The minimum atomic E-state index is -0.00986. The number of carbonyl (C=O) groups is 2. The Morgan fingerprint density at radius 3 is 2.18 bits per heavy atom. The molecule has 0 N–H and O–H groups in total. The largest absolute Gasteiger partial charge is 0.466 e. The van der Waals surface area contributed by atoms with Crippen molar-refractivity contribution >= 4 is 11.7 Å². The van der Waals surface area contributed by atoms with Crippen LogP contribution in [0.5, 0.6) is 0 Å². The zero-order valence-electron chi connectivity index (χ0n) is 10.5. The number of ketones is 1. The SMILES string of the molecule is Cc1oc(C)c(C(=O)N2CCC(=O)CC2)c1C. The van der Waals surface area contributed by atoms with E-state index in [1.54, 1.807) is 4.90 Å². The molecule has 0 unspecified atom stereocenters. The van der Waals surface area contributed by atoms with Crippen molar-refractivity contribution in [3.8, 4) is 0 Å². The van der Waals surface area contributed by atoms with E-state index in [-0.39, 0.29) is 11.7 Å². The number of hydrogen-bond acceptors (Lipinski definition) is 3. The Hall–Kier alpha value is -1.58. The molecule has 1 aliphatic heterocycles. The van der Waals surface area contributed by atoms with Gasteiger partial charge >= 0.3 is 0 Å². The lowest BCUT2D eigenvalue weighted by Crippen LogP contribution is -2.38. The number of piperidine rings is 1. The van der Waals surface area contributed by atoms with Crippen LogP contribution in [0, 0.1) is 20.8 Å². The van der Waals surface area contributed by atoms with E-state index in [1.165, 1.54) is 0 Å². The predicted octanol–water partition coefficient (Wildman–Crippen LogP) is 2.01. The van der Waals surface area contributed by atoms with E-state index in [0.717, 1.165) is 11.3 Å². The molecular formula is C13H17NO3. The molecular weight excluding hydrogens is 218 g/mol. The molecule has 0 spiro atoms. The first-order chi connectivity index (χ1) is 8.00. The first-order valence-electron chi connectivity index (χ1n) is 5.88. The monoisotopic (exact) mass is 235 g/mol. The van der Waals surface area contributed by atoms with E-state index in [1.807, 2.05) is 20.8 Å². The number of furan rings is 1. The van der Waals surface area contributed by atoms with Crippen LogP contribution in [0.3, 0.4) is 0 Å². The molecule has 1 aliphatic rings. The van der Waals surface area contributed by atoms with Crippen LogP contribution in [0.4, 0.5) is 0 Å². The summed E-state index contributed by atoms with van der Waals surface area (Å²) in [5.41, 5.74) is 1.57.